The van der Waals surface area contributed by atoms with E-state index in [1.807, 2.05) is 18.5 Å². The zero-order valence-electron chi connectivity index (χ0n) is 12.0. The van der Waals surface area contributed by atoms with Crippen LogP contribution >= 0.6 is 11.8 Å². The Morgan fingerprint density at radius 3 is 3.19 bits per heavy atom. The van der Waals surface area contributed by atoms with Gasteiger partial charge in [0, 0.05) is 40.8 Å². The number of rotatable bonds is 5. The number of esters is 1. The second kappa shape index (κ2) is 5.85. The van der Waals surface area contributed by atoms with Crippen molar-refractivity contribution in [2.75, 3.05) is 12.9 Å². The molecule has 3 heterocycles. The summed E-state index contributed by atoms with van der Waals surface area (Å²) in [6, 6.07) is 4.19. The molecule has 21 heavy (non-hydrogen) atoms. The highest BCUT2D eigenvalue weighted by Crippen LogP contribution is 2.41. The van der Waals surface area contributed by atoms with Crippen molar-refractivity contribution in [3.63, 3.8) is 0 Å². The van der Waals surface area contributed by atoms with Crippen LogP contribution in [0.3, 0.4) is 0 Å². The summed E-state index contributed by atoms with van der Waals surface area (Å²) in [7, 11) is 1.45. The molecular weight excluding hydrogens is 284 g/mol. The Morgan fingerprint density at radius 2 is 2.52 bits per heavy atom. The van der Waals surface area contributed by atoms with E-state index in [2.05, 4.69) is 28.3 Å². The van der Waals surface area contributed by atoms with Crippen molar-refractivity contribution >= 4 is 17.7 Å². The standard InChI is InChI=1S/C16H18N2O2S/c1-3-8-21-14-9-13-12(16(19)20-2)5-7-18(13)15(14)11-4-6-17-10-11/h3-4,6,9-10,12,17H,1,5,7-8H2,2H3. The fourth-order valence-electron chi connectivity index (χ4n) is 2.89. The second-order valence-electron chi connectivity index (χ2n) is 5.00. The maximum Gasteiger partial charge on any atom is 0.314 e. The lowest BCUT2D eigenvalue weighted by Gasteiger charge is -2.07. The van der Waals surface area contributed by atoms with E-state index in [9.17, 15) is 4.79 Å². The van der Waals surface area contributed by atoms with Gasteiger partial charge in [-0.25, -0.2) is 0 Å². The minimum atomic E-state index is -0.147. The van der Waals surface area contributed by atoms with Crippen LogP contribution in [0.4, 0.5) is 0 Å². The first-order valence-electron chi connectivity index (χ1n) is 6.94. The lowest BCUT2D eigenvalue weighted by Crippen LogP contribution is -2.11. The molecule has 0 aliphatic carbocycles. The predicted molar refractivity (Wildman–Crippen MR) is 84.5 cm³/mol. The molecule has 1 aliphatic rings. The van der Waals surface area contributed by atoms with E-state index >= 15 is 0 Å². The van der Waals surface area contributed by atoms with Crippen LogP contribution in [-0.2, 0) is 16.1 Å². The van der Waals surface area contributed by atoms with Gasteiger partial charge in [0.05, 0.1) is 18.7 Å². The van der Waals surface area contributed by atoms with Crippen molar-refractivity contribution in [3.8, 4) is 11.3 Å². The van der Waals surface area contributed by atoms with Gasteiger partial charge < -0.3 is 14.3 Å². The number of carbonyl (C=O) groups excluding carboxylic acids is 1. The molecule has 4 nitrogen and oxygen atoms in total. The molecule has 1 unspecified atom stereocenters. The van der Waals surface area contributed by atoms with E-state index in [0.717, 1.165) is 30.0 Å². The number of aromatic amines is 1. The average Bonchev–Trinajstić information content (AvgIpc) is 3.19. The molecule has 0 radical (unpaired) electrons. The summed E-state index contributed by atoms with van der Waals surface area (Å²) < 4.78 is 7.18. The maximum absolute atomic E-state index is 11.9. The van der Waals surface area contributed by atoms with Gasteiger partial charge in [0.25, 0.3) is 0 Å². The Morgan fingerprint density at radius 1 is 1.67 bits per heavy atom. The van der Waals surface area contributed by atoms with E-state index in [1.165, 1.54) is 17.7 Å². The summed E-state index contributed by atoms with van der Waals surface area (Å²) in [6.07, 6.45) is 6.62. The highest BCUT2D eigenvalue weighted by atomic mass is 32.2. The first-order chi connectivity index (χ1) is 10.3. The Bertz CT molecular complexity index is 658. The van der Waals surface area contributed by atoms with Crippen LogP contribution in [0.15, 0.2) is 42.1 Å². The number of nitrogens with one attached hydrogen (secondary N) is 1. The first kappa shape index (κ1) is 14.1. The van der Waals surface area contributed by atoms with E-state index in [-0.39, 0.29) is 11.9 Å². The molecule has 2 aromatic heterocycles. The van der Waals surface area contributed by atoms with Gasteiger partial charge >= 0.3 is 5.97 Å². The van der Waals surface area contributed by atoms with Crippen LogP contribution in [0.1, 0.15) is 18.0 Å². The van der Waals surface area contributed by atoms with E-state index in [4.69, 9.17) is 4.74 Å². The van der Waals surface area contributed by atoms with E-state index in [0.29, 0.717) is 0 Å². The van der Waals surface area contributed by atoms with E-state index in [1.54, 1.807) is 11.8 Å². The van der Waals surface area contributed by atoms with Crippen LogP contribution in [0.5, 0.6) is 0 Å². The molecule has 5 heteroatoms. The molecule has 1 atom stereocenters. The van der Waals surface area contributed by atoms with Gasteiger partial charge in [-0.05, 0) is 18.6 Å². The van der Waals surface area contributed by atoms with Crippen molar-refractivity contribution in [2.45, 2.75) is 23.8 Å². The molecule has 110 valence electrons. The molecule has 0 amide bonds. The quantitative estimate of drug-likeness (QED) is 0.523. The Kier molecular flexibility index (Phi) is 3.92. The highest BCUT2D eigenvalue weighted by molar-refractivity contribution is 7.99. The Balaban J connectivity index is 2.06. The summed E-state index contributed by atoms with van der Waals surface area (Å²) in [6.45, 7) is 4.63. The topological polar surface area (TPSA) is 47.0 Å². The maximum atomic E-state index is 11.9. The largest absolute Gasteiger partial charge is 0.469 e. The summed E-state index contributed by atoms with van der Waals surface area (Å²) >= 11 is 1.75. The Labute approximate surface area is 128 Å². The third-order valence-electron chi connectivity index (χ3n) is 3.81. The molecule has 1 aliphatic heterocycles. The van der Waals surface area contributed by atoms with Gasteiger partial charge in [0.15, 0.2) is 0 Å². The monoisotopic (exact) mass is 302 g/mol. The zero-order chi connectivity index (χ0) is 14.8. The van der Waals surface area contributed by atoms with Crippen LogP contribution in [0.2, 0.25) is 0 Å². The summed E-state index contributed by atoms with van der Waals surface area (Å²) in [5.74, 6) is 0.557. The van der Waals surface area contributed by atoms with Crippen LogP contribution in [-0.4, -0.2) is 28.4 Å². The fraction of sp³-hybridized carbons (Fsp3) is 0.312. The number of ether oxygens (including phenoxy) is 1. The number of hydrogen-bond donors (Lipinski definition) is 1. The average molecular weight is 302 g/mol. The molecule has 0 aromatic carbocycles. The fourth-order valence-corrected chi connectivity index (χ4v) is 3.75. The molecule has 0 saturated heterocycles. The lowest BCUT2D eigenvalue weighted by atomic mass is 10.1. The van der Waals surface area contributed by atoms with Crippen LogP contribution in [0.25, 0.3) is 11.3 Å². The molecular formula is C16H18N2O2S. The number of thioether (sulfide) groups is 1. The number of carbonyl (C=O) groups is 1. The summed E-state index contributed by atoms with van der Waals surface area (Å²) in [5.41, 5.74) is 3.40. The van der Waals surface area contributed by atoms with Crippen molar-refractivity contribution in [2.24, 2.45) is 0 Å². The van der Waals surface area contributed by atoms with Gasteiger partial charge in [0.2, 0.25) is 0 Å². The van der Waals surface area contributed by atoms with Crippen molar-refractivity contribution in [1.29, 1.82) is 0 Å². The molecule has 0 fully saturated rings. The SMILES string of the molecule is C=CCSc1cc2n(c1-c1cc[nH]c1)CCC2C(=O)OC. The minimum Gasteiger partial charge on any atom is -0.469 e. The molecule has 0 spiro atoms. The first-order valence-corrected chi connectivity index (χ1v) is 7.93. The molecule has 1 N–H and O–H groups in total. The zero-order valence-corrected chi connectivity index (χ0v) is 12.8. The molecule has 0 bridgehead atoms. The lowest BCUT2D eigenvalue weighted by molar-refractivity contribution is -0.142. The van der Waals surface area contributed by atoms with Crippen LogP contribution in [0, 0.1) is 0 Å². The smallest absolute Gasteiger partial charge is 0.314 e. The number of aromatic nitrogens is 2. The predicted octanol–water partition coefficient (Wildman–Crippen LogP) is 3.42. The minimum absolute atomic E-state index is 0.146. The highest BCUT2D eigenvalue weighted by Gasteiger charge is 2.33. The van der Waals surface area contributed by atoms with Crippen molar-refractivity contribution in [1.82, 2.24) is 9.55 Å². The van der Waals surface area contributed by atoms with Gasteiger partial charge in [-0.15, -0.1) is 18.3 Å². The molecule has 3 rings (SSSR count). The van der Waals surface area contributed by atoms with Gasteiger partial charge in [-0.2, -0.15) is 0 Å². The number of hydrogen-bond acceptors (Lipinski definition) is 3. The third kappa shape index (κ3) is 2.42. The Hall–Kier alpha value is -1.88. The van der Waals surface area contributed by atoms with Crippen molar-refractivity contribution < 1.29 is 9.53 Å². The van der Waals surface area contributed by atoms with Gasteiger partial charge in [-0.1, -0.05) is 6.08 Å². The number of fused-ring (bicyclic) bond motifs is 1. The van der Waals surface area contributed by atoms with Crippen LogP contribution < -0.4 is 0 Å². The van der Waals surface area contributed by atoms with Crippen molar-refractivity contribution in [3.05, 3.63) is 42.9 Å². The van der Waals surface area contributed by atoms with Gasteiger partial charge in [-0.3, -0.25) is 4.79 Å². The summed E-state index contributed by atoms with van der Waals surface area (Å²) in [5, 5.41) is 0. The number of nitrogens with zero attached hydrogens (tertiary/aromatic N) is 1. The normalized spacial score (nSPS) is 16.7. The molecule has 2 aromatic rings. The number of methoxy groups -OCH3 is 1. The third-order valence-corrected chi connectivity index (χ3v) is 4.83. The molecule has 0 saturated carbocycles. The van der Waals surface area contributed by atoms with E-state index < -0.39 is 0 Å². The number of H-pyrrole nitrogens is 1. The van der Waals surface area contributed by atoms with Gasteiger partial charge in [0.1, 0.15) is 0 Å². The second-order valence-corrected chi connectivity index (χ2v) is 6.06. The summed E-state index contributed by atoms with van der Waals surface area (Å²) in [4.78, 5) is 16.2.